The normalized spacial score (nSPS) is 19.3. The Bertz CT molecular complexity index is 929. The molecule has 27 heavy (non-hydrogen) atoms. The van der Waals surface area contributed by atoms with Gasteiger partial charge in [0.1, 0.15) is 5.70 Å². The molecule has 1 aliphatic heterocycles. The number of rotatable bonds is 7. The largest absolute Gasteiger partial charge is 0.394 e. The van der Waals surface area contributed by atoms with Crippen molar-refractivity contribution < 1.29 is 14.7 Å². The van der Waals surface area contributed by atoms with Crippen LogP contribution in [0.15, 0.2) is 11.9 Å². The highest BCUT2D eigenvalue weighted by molar-refractivity contribution is 6.14. The smallest absolute Gasteiger partial charge is 0.326 e. The van der Waals surface area contributed by atoms with Crippen LogP contribution >= 0.6 is 0 Å². The van der Waals surface area contributed by atoms with Crippen LogP contribution in [0.5, 0.6) is 0 Å². The summed E-state index contributed by atoms with van der Waals surface area (Å²) in [6.07, 6.45) is 5.90. The van der Waals surface area contributed by atoms with E-state index in [9.17, 15) is 14.7 Å². The highest BCUT2D eigenvalue weighted by Gasteiger charge is 2.26. The monoisotopic (exact) mass is 372 g/mol. The maximum atomic E-state index is 11.8. The lowest BCUT2D eigenvalue weighted by molar-refractivity contribution is -0.115. The Labute approximate surface area is 154 Å². The van der Waals surface area contributed by atoms with Crippen molar-refractivity contribution in [3.05, 3.63) is 17.5 Å². The molecule has 4 rings (SSSR count). The summed E-state index contributed by atoms with van der Waals surface area (Å²) in [7, 11) is 0. The van der Waals surface area contributed by atoms with Gasteiger partial charge in [0, 0.05) is 11.6 Å². The zero-order valence-corrected chi connectivity index (χ0v) is 14.7. The average Bonchev–Trinajstić information content (AvgIpc) is 3.28. The minimum atomic E-state index is -0.565. The number of aromatic nitrogens is 4. The number of anilines is 2. The topological polar surface area (TPSA) is 146 Å². The molecule has 11 nitrogen and oxygen atoms in total. The third-order valence-electron chi connectivity index (χ3n) is 4.37. The number of carbonyl (C=O) groups is 2. The van der Waals surface area contributed by atoms with Crippen LogP contribution < -0.4 is 21.3 Å². The number of amides is 3. The number of fused-ring (bicyclic) bond motifs is 1. The van der Waals surface area contributed by atoms with E-state index in [4.69, 9.17) is 0 Å². The number of imide groups is 1. The molecular formula is C16H20N8O3. The van der Waals surface area contributed by atoms with E-state index in [1.165, 1.54) is 6.08 Å². The van der Waals surface area contributed by atoms with Crippen LogP contribution in [-0.2, 0) is 4.79 Å². The van der Waals surface area contributed by atoms with Crippen LogP contribution in [0.25, 0.3) is 11.7 Å². The highest BCUT2D eigenvalue weighted by Crippen LogP contribution is 2.25. The Balaban J connectivity index is 1.75. The van der Waals surface area contributed by atoms with E-state index in [1.807, 2.05) is 6.92 Å². The van der Waals surface area contributed by atoms with Crippen LogP contribution in [0.3, 0.4) is 0 Å². The first-order chi connectivity index (χ1) is 13.1. The molecule has 0 unspecified atom stereocenters. The molecule has 3 heterocycles. The molecule has 0 spiro atoms. The quantitative estimate of drug-likeness (QED) is 0.339. The molecule has 0 aromatic carbocycles. The van der Waals surface area contributed by atoms with Crippen molar-refractivity contribution >= 4 is 35.6 Å². The summed E-state index contributed by atoms with van der Waals surface area (Å²) < 4.78 is 1.56. The standard InChI is InChI=1S/C16H20N8O3/c1-2-9(7-25)18-14-21-12-8(5-11-13(26)22-16(27)20-11)6-17-24(12)15(23-14)19-10-3-4-10/h5-6,9-10,25H,2-4,7H2,1H3,(H2,18,19,21,23)(H2,20,22,26,27)/b11-5-/t9-/m1/s1. The summed E-state index contributed by atoms with van der Waals surface area (Å²) in [6.45, 7) is 1.91. The number of hydrogen-bond acceptors (Lipinski definition) is 8. The average molecular weight is 372 g/mol. The van der Waals surface area contributed by atoms with Crippen molar-refractivity contribution in [1.29, 1.82) is 0 Å². The van der Waals surface area contributed by atoms with Crippen LogP contribution in [0.4, 0.5) is 16.7 Å². The molecule has 0 bridgehead atoms. The number of aliphatic hydroxyl groups excluding tert-OH is 1. The molecule has 2 aromatic heterocycles. The molecule has 2 aliphatic rings. The summed E-state index contributed by atoms with van der Waals surface area (Å²) >= 11 is 0. The molecule has 0 radical (unpaired) electrons. The van der Waals surface area contributed by atoms with Crippen molar-refractivity contribution in [1.82, 2.24) is 30.2 Å². The Hall–Kier alpha value is -3.21. The highest BCUT2D eigenvalue weighted by atomic mass is 16.3. The molecule has 2 fully saturated rings. The summed E-state index contributed by atoms with van der Waals surface area (Å²) in [4.78, 5) is 32.0. The van der Waals surface area contributed by atoms with Gasteiger partial charge >= 0.3 is 6.03 Å². The van der Waals surface area contributed by atoms with Gasteiger partial charge in [-0.2, -0.15) is 19.6 Å². The molecule has 1 aliphatic carbocycles. The van der Waals surface area contributed by atoms with Crippen molar-refractivity contribution in [3.63, 3.8) is 0 Å². The number of aliphatic hydroxyl groups is 1. The van der Waals surface area contributed by atoms with Gasteiger partial charge in [0.05, 0.1) is 18.8 Å². The van der Waals surface area contributed by atoms with E-state index >= 15 is 0 Å². The molecule has 1 saturated heterocycles. The molecular weight excluding hydrogens is 352 g/mol. The lowest BCUT2D eigenvalue weighted by Gasteiger charge is -2.15. The van der Waals surface area contributed by atoms with E-state index < -0.39 is 11.9 Å². The van der Waals surface area contributed by atoms with Crippen LogP contribution in [0.2, 0.25) is 0 Å². The van der Waals surface area contributed by atoms with E-state index in [0.717, 1.165) is 12.8 Å². The number of nitrogens with one attached hydrogen (secondary N) is 4. The summed E-state index contributed by atoms with van der Waals surface area (Å²) in [5, 5.41) is 24.8. The Kier molecular flexibility index (Phi) is 4.36. The fourth-order valence-corrected chi connectivity index (χ4v) is 2.66. The van der Waals surface area contributed by atoms with E-state index in [0.29, 0.717) is 35.6 Å². The lowest BCUT2D eigenvalue weighted by atomic mass is 10.2. The second kappa shape index (κ2) is 6.83. The molecule has 5 N–H and O–H groups in total. The van der Waals surface area contributed by atoms with Gasteiger partial charge in [0.15, 0.2) is 5.65 Å². The summed E-state index contributed by atoms with van der Waals surface area (Å²) in [5.41, 5.74) is 1.16. The van der Waals surface area contributed by atoms with Gasteiger partial charge in [-0.05, 0) is 25.3 Å². The predicted octanol–water partition coefficient (Wildman–Crippen LogP) is 0.0617. The van der Waals surface area contributed by atoms with Crippen LogP contribution in [-0.4, -0.2) is 55.3 Å². The van der Waals surface area contributed by atoms with Gasteiger partial charge in [-0.25, -0.2) is 4.79 Å². The second-order valence-electron chi connectivity index (χ2n) is 6.52. The van der Waals surface area contributed by atoms with Gasteiger partial charge in [0.25, 0.3) is 5.91 Å². The second-order valence-corrected chi connectivity index (χ2v) is 6.52. The third-order valence-corrected chi connectivity index (χ3v) is 4.37. The minimum absolute atomic E-state index is 0.0429. The first kappa shape index (κ1) is 17.2. The Morgan fingerprint density at radius 3 is 2.81 bits per heavy atom. The minimum Gasteiger partial charge on any atom is -0.394 e. The Morgan fingerprint density at radius 2 is 2.19 bits per heavy atom. The third kappa shape index (κ3) is 3.53. The number of carbonyl (C=O) groups excluding carboxylic acids is 2. The molecule has 1 saturated carbocycles. The van der Waals surface area contributed by atoms with Gasteiger partial charge in [0.2, 0.25) is 11.9 Å². The van der Waals surface area contributed by atoms with Gasteiger partial charge in [-0.1, -0.05) is 6.92 Å². The summed E-state index contributed by atoms with van der Waals surface area (Å²) in [5.74, 6) is 0.378. The zero-order valence-electron chi connectivity index (χ0n) is 14.7. The maximum absolute atomic E-state index is 11.8. The number of nitrogens with zero attached hydrogens (tertiary/aromatic N) is 4. The Morgan fingerprint density at radius 1 is 1.37 bits per heavy atom. The van der Waals surface area contributed by atoms with Gasteiger partial charge in [-0.15, -0.1) is 0 Å². The molecule has 142 valence electrons. The summed E-state index contributed by atoms with van der Waals surface area (Å²) in [6, 6.07) is -0.392. The SMILES string of the molecule is CC[C@H](CO)Nc1nc(NC2CC2)n2ncc(/C=C3\NC(=O)NC3=O)c2n1. The fourth-order valence-electron chi connectivity index (χ4n) is 2.66. The fraction of sp³-hybridized carbons (Fsp3) is 0.438. The van der Waals surface area contributed by atoms with Crippen LogP contribution in [0, 0.1) is 0 Å². The van der Waals surface area contributed by atoms with Crippen molar-refractivity contribution in [2.24, 2.45) is 0 Å². The van der Waals surface area contributed by atoms with Gasteiger partial charge in [-0.3, -0.25) is 10.1 Å². The van der Waals surface area contributed by atoms with E-state index in [1.54, 1.807) is 10.7 Å². The van der Waals surface area contributed by atoms with Crippen molar-refractivity contribution in [3.8, 4) is 0 Å². The predicted molar refractivity (Wildman–Crippen MR) is 96.9 cm³/mol. The molecule has 11 heteroatoms. The van der Waals surface area contributed by atoms with E-state index in [2.05, 4.69) is 36.3 Å². The zero-order chi connectivity index (χ0) is 19.0. The first-order valence-electron chi connectivity index (χ1n) is 8.81. The van der Waals surface area contributed by atoms with Crippen molar-refractivity contribution in [2.45, 2.75) is 38.3 Å². The molecule has 2 aromatic rings. The van der Waals surface area contributed by atoms with Gasteiger partial charge < -0.3 is 21.1 Å². The van der Waals surface area contributed by atoms with E-state index in [-0.39, 0.29) is 18.3 Å². The lowest BCUT2D eigenvalue weighted by Crippen LogP contribution is -2.24. The first-order valence-corrected chi connectivity index (χ1v) is 8.81. The number of hydrogen-bond donors (Lipinski definition) is 5. The van der Waals surface area contributed by atoms with Crippen LogP contribution in [0.1, 0.15) is 31.7 Å². The number of urea groups is 1. The van der Waals surface area contributed by atoms with Crippen molar-refractivity contribution in [2.75, 3.05) is 17.2 Å². The maximum Gasteiger partial charge on any atom is 0.326 e. The molecule has 3 amide bonds. The molecule has 1 atom stereocenters.